The van der Waals surface area contributed by atoms with Gasteiger partial charge < -0.3 is 15.0 Å². The maximum absolute atomic E-state index is 5.92. The Hall–Kier alpha value is -0.120. The summed E-state index contributed by atoms with van der Waals surface area (Å²) in [6.45, 7) is 13.8. The van der Waals surface area contributed by atoms with Crippen LogP contribution in [0.1, 0.15) is 66.2 Å². The highest BCUT2D eigenvalue weighted by Gasteiger charge is 2.51. The number of hydrogen-bond acceptors (Lipinski definition) is 3. The third-order valence-electron chi connectivity index (χ3n) is 5.96. The molecule has 1 saturated heterocycles. The molecule has 1 saturated carbocycles. The second-order valence-corrected chi connectivity index (χ2v) is 7.23. The number of nitrogens with one attached hydrogen (secondary N) is 1. The predicted octanol–water partition coefficient (Wildman–Crippen LogP) is 3.43. The standard InChI is InChI=1S/C18H36N2O/c1-5-8-11-20-12-9-15(10-13-20)19-16-14-17(21-7-3)18(16,4)6-2/h15-17,19H,5-14H2,1-4H3. The van der Waals surface area contributed by atoms with Crippen LogP contribution in [0.25, 0.3) is 0 Å². The zero-order valence-corrected chi connectivity index (χ0v) is 14.7. The molecule has 0 radical (unpaired) electrons. The highest BCUT2D eigenvalue weighted by molar-refractivity contribution is 5.05. The Morgan fingerprint density at radius 3 is 2.48 bits per heavy atom. The Morgan fingerprint density at radius 2 is 1.90 bits per heavy atom. The Bertz CT molecular complexity index is 302. The Morgan fingerprint density at radius 1 is 1.19 bits per heavy atom. The van der Waals surface area contributed by atoms with Crippen molar-refractivity contribution < 1.29 is 4.74 Å². The first kappa shape index (κ1) is 17.2. The fraction of sp³-hybridized carbons (Fsp3) is 1.00. The number of likely N-dealkylation sites (tertiary alicyclic amines) is 1. The molecule has 2 aliphatic rings. The molecule has 0 bridgehead atoms. The second-order valence-electron chi connectivity index (χ2n) is 7.23. The molecule has 0 spiro atoms. The maximum atomic E-state index is 5.92. The molecule has 3 unspecified atom stereocenters. The Balaban J connectivity index is 1.74. The van der Waals surface area contributed by atoms with E-state index < -0.39 is 0 Å². The molecule has 3 heteroatoms. The van der Waals surface area contributed by atoms with Crippen LogP contribution in [0.3, 0.4) is 0 Å². The van der Waals surface area contributed by atoms with E-state index in [0.29, 0.717) is 17.6 Å². The minimum atomic E-state index is 0.343. The van der Waals surface area contributed by atoms with Crippen LogP contribution in [0.5, 0.6) is 0 Å². The summed E-state index contributed by atoms with van der Waals surface area (Å²) >= 11 is 0. The topological polar surface area (TPSA) is 24.5 Å². The predicted molar refractivity (Wildman–Crippen MR) is 89.7 cm³/mol. The number of rotatable bonds is 8. The van der Waals surface area contributed by atoms with Gasteiger partial charge in [0.15, 0.2) is 0 Å². The maximum Gasteiger partial charge on any atom is 0.0658 e. The molecule has 0 aromatic heterocycles. The lowest BCUT2D eigenvalue weighted by Gasteiger charge is -2.55. The van der Waals surface area contributed by atoms with Crippen molar-refractivity contribution >= 4 is 0 Å². The van der Waals surface area contributed by atoms with Crippen molar-refractivity contribution in [3.8, 4) is 0 Å². The SMILES string of the molecule is CCCCN1CCC(NC2CC(OCC)C2(C)CC)CC1. The van der Waals surface area contributed by atoms with Crippen LogP contribution in [-0.4, -0.2) is 49.3 Å². The molecule has 1 aliphatic heterocycles. The molecule has 0 amide bonds. The Labute approximate surface area is 131 Å². The molecule has 21 heavy (non-hydrogen) atoms. The van der Waals surface area contributed by atoms with Gasteiger partial charge in [-0.3, -0.25) is 0 Å². The van der Waals surface area contributed by atoms with Crippen molar-refractivity contribution in [3.63, 3.8) is 0 Å². The molecule has 0 aromatic carbocycles. The summed E-state index contributed by atoms with van der Waals surface area (Å²) in [7, 11) is 0. The lowest BCUT2D eigenvalue weighted by molar-refractivity contribution is -0.129. The van der Waals surface area contributed by atoms with Crippen LogP contribution >= 0.6 is 0 Å². The van der Waals surface area contributed by atoms with Gasteiger partial charge in [0.25, 0.3) is 0 Å². The van der Waals surface area contributed by atoms with Gasteiger partial charge in [-0.25, -0.2) is 0 Å². The average molecular weight is 296 g/mol. The highest BCUT2D eigenvalue weighted by atomic mass is 16.5. The smallest absolute Gasteiger partial charge is 0.0658 e. The molecule has 2 fully saturated rings. The van der Waals surface area contributed by atoms with Gasteiger partial charge >= 0.3 is 0 Å². The van der Waals surface area contributed by atoms with E-state index in [1.165, 1.54) is 58.2 Å². The summed E-state index contributed by atoms with van der Waals surface area (Å²) in [5, 5.41) is 3.96. The van der Waals surface area contributed by atoms with Gasteiger partial charge in [-0.1, -0.05) is 27.2 Å². The molecule has 124 valence electrons. The number of ether oxygens (including phenoxy) is 1. The Kier molecular flexibility index (Phi) is 6.51. The average Bonchev–Trinajstić information content (AvgIpc) is 2.52. The molecular formula is C18H36N2O. The summed E-state index contributed by atoms with van der Waals surface area (Å²) in [6.07, 6.45) is 8.19. The zero-order chi connectivity index (χ0) is 15.3. The summed E-state index contributed by atoms with van der Waals surface area (Å²) in [4.78, 5) is 2.64. The number of nitrogens with zero attached hydrogens (tertiary/aromatic N) is 1. The van der Waals surface area contributed by atoms with E-state index in [4.69, 9.17) is 4.74 Å². The van der Waals surface area contributed by atoms with E-state index in [0.717, 1.165) is 12.6 Å². The molecule has 2 rings (SSSR count). The number of unbranched alkanes of at least 4 members (excludes halogenated alkanes) is 1. The van der Waals surface area contributed by atoms with Crippen LogP contribution in [-0.2, 0) is 4.74 Å². The van der Waals surface area contributed by atoms with Crippen LogP contribution in [0.2, 0.25) is 0 Å². The molecular weight excluding hydrogens is 260 g/mol. The van der Waals surface area contributed by atoms with Gasteiger partial charge in [-0.15, -0.1) is 0 Å². The van der Waals surface area contributed by atoms with Crippen LogP contribution in [0.4, 0.5) is 0 Å². The fourth-order valence-corrected chi connectivity index (χ4v) is 4.00. The molecule has 1 heterocycles. The van der Waals surface area contributed by atoms with E-state index in [1.54, 1.807) is 0 Å². The van der Waals surface area contributed by atoms with Gasteiger partial charge in [-0.2, -0.15) is 0 Å². The molecule has 1 N–H and O–H groups in total. The van der Waals surface area contributed by atoms with Gasteiger partial charge in [0, 0.05) is 24.1 Å². The van der Waals surface area contributed by atoms with Crippen molar-refractivity contribution in [1.29, 1.82) is 0 Å². The number of piperidine rings is 1. The van der Waals surface area contributed by atoms with E-state index in [9.17, 15) is 0 Å². The van der Waals surface area contributed by atoms with Crippen LogP contribution in [0, 0.1) is 5.41 Å². The monoisotopic (exact) mass is 296 g/mol. The van der Waals surface area contributed by atoms with E-state index >= 15 is 0 Å². The first-order valence-electron chi connectivity index (χ1n) is 9.24. The van der Waals surface area contributed by atoms with Crippen LogP contribution in [0.15, 0.2) is 0 Å². The first-order valence-corrected chi connectivity index (χ1v) is 9.24. The quantitative estimate of drug-likeness (QED) is 0.742. The largest absolute Gasteiger partial charge is 0.378 e. The molecule has 0 aromatic rings. The van der Waals surface area contributed by atoms with Gasteiger partial charge in [0.05, 0.1) is 6.10 Å². The molecule has 3 nitrogen and oxygen atoms in total. The number of hydrogen-bond donors (Lipinski definition) is 1. The van der Waals surface area contributed by atoms with Gasteiger partial charge in [-0.05, 0) is 58.7 Å². The summed E-state index contributed by atoms with van der Waals surface area (Å²) < 4.78 is 5.92. The third-order valence-corrected chi connectivity index (χ3v) is 5.96. The lowest BCUT2D eigenvalue weighted by Crippen LogP contribution is -2.64. The van der Waals surface area contributed by atoms with Crippen molar-refractivity contribution in [2.75, 3.05) is 26.2 Å². The first-order chi connectivity index (χ1) is 10.1. The molecule has 3 atom stereocenters. The van der Waals surface area contributed by atoms with Crippen LogP contribution < -0.4 is 5.32 Å². The van der Waals surface area contributed by atoms with Gasteiger partial charge in [0.2, 0.25) is 0 Å². The highest BCUT2D eigenvalue weighted by Crippen LogP contribution is 2.46. The van der Waals surface area contributed by atoms with Crippen molar-refractivity contribution in [3.05, 3.63) is 0 Å². The summed E-state index contributed by atoms with van der Waals surface area (Å²) in [6, 6.07) is 1.38. The van der Waals surface area contributed by atoms with Gasteiger partial charge in [0.1, 0.15) is 0 Å². The van der Waals surface area contributed by atoms with Crippen molar-refractivity contribution in [2.24, 2.45) is 5.41 Å². The lowest BCUT2D eigenvalue weighted by atomic mass is 9.61. The second kappa shape index (κ2) is 7.94. The van der Waals surface area contributed by atoms with Crippen molar-refractivity contribution in [2.45, 2.75) is 84.4 Å². The van der Waals surface area contributed by atoms with Crippen molar-refractivity contribution in [1.82, 2.24) is 10.2 Å². The molecule has 1 aliphatic carbocycles. The van der Waals surface area contributed by atoms with E-state index in [-0.39, 0.29) is 0 Å². The summed E-state index contributed by atoms with van der Waals surface area (Å²) in [5.74, 6) is 0. The van der Waals surface area contributed by atoms with E-state index in [2.05, 4.69) is 37.9 Å². The summed E-state index contributed by atoms with van der Waals surface area (Å²) in [5.41, 5.74) is 0.343. The zero-order valence-electron chi connectivity index (χ0n) is 14.7. The minimum absolute atomic E-state index is 0.343. The minimum Gasteiger partial charge on any atom is -0.378 e. The normalized spacial score (nSPS) is 34.9. The van der Waals surface area contributed by atoms with E-state index in [1.807, 2.05) is 0 Å². The fourth-order valence-electron chi connectivity index (χ4n) is 4.00. The third kappa shape index (κ3) is 4.00.